The van der Waals surface area contributed by atoms with E-state index in [2.05, 4.69) is 22.1 Å². The van der Waals surface area contributed by atoms with Crippen molar-refractivity contribution in [3.8, 4) is 0 Å². The average molecular weight is 467 g/mol. The van der Waals surface area contributed by atoms with E-state index in [0.29, 0.717) is 24.2 Å². The van der Waals surface area contributed by atoms with Gasteiger partial charge in [-0.15, -0.1) is 0 Å². The van der Waals surface area contributed by atoms with Crippen molar-refractivity contribution in [2.45, 2.75) is 76.9 Å². The van der Waals surface area contributed by atoms with Crippen molar-refractivity contribution in [2.75, 3.05) is 13.7 Å². The highest BCUT2D eigenvalue weighted by atomic mass is 16.5. The van der Waals surface area contributed by atoms with Crippen molar-refractivity contribution in [1.82, 2.24) is 20.0 Å². The Morgan fingerprint density at radius 2 is 1.91 bits per heavy atom. The number of hydrogen-bond donors (Lipinski definition) is 1. The maximum absolute atomic E-state index is 13.5. The first kappa shape index (κ1) is 22.6. The molecule has 1 unspecified atom stereocenters. The van der Waals surface area contributed by atoms with Crippen LogP contribution in [0, 0.1) is 40.9 Å². The summed E-state index contributed by atoms with van der Waals surface area (Å²) < 4.78 is 5.34. The number of hydrogen-bond acceptors (Lipinski definition) is 6. The largest absolute Gasteiger partial charge is 0.387 e. The Morgan fingerprint density at radius 3 is 2.74 bits per heavy atom. The zero-order valence-corrected chi connectivity index (χ0v) is 20.5. The normalized spacial score (nSPS) is 41.6. The lowest BCUT2D eigenvalue weighted by atomic mass is 9.49. The van der Waals surface area contributed by atoms with Crippen LogP contribution in [0.4, 0.5) is 0 Å². The second kappa shape index (κ2) is 8.37. The molecule has 2 heterocycles. The smallest absolute Gasteiger partial charge is 0.159 e. The molecule has 4 saturated carbocycles. The SMILES string of the molecule is COC[C@@]1(O)CC[C@H]2C(CC[C@@H]3[C@@H]2CC[C@]2(C)[C@@H](C(=O)Cn4nc5ccncc5n4)CC[C@@H]32)C1. The lowest BCUT2D eigenvalue weighted by Gasteiger charge is -2.57. The Balaban J connectivity index is 1.16. The zero-order chi connectivity index (χ0) is 23.5. The molecule has 0 aliphatic heterocycles. The zero-order valence-electron chi connectivity index (χ0n) is 20.5. The van der Waals surface area contributed by atoms with Crippen molar-refractivity contribution >= 4 is 16.8 Å². The molecular weight excluding hydrogens is 428 g/mol. The van der Waals surface area contributed by atoms with Crippen LogP contribution >= 0.6 is 0 Å². The van der Waals surface area contributed by atoms with E-state index in [9.17, 15) is 9.90 Å². The molecule has 7 nitrogen and oxygen atoms in total. The Bertz CT molecular complexity index is 1040. The molecule has 0 aromatic carbocycles. The number of nitrogens with zero attached hydrogens (tertiary/aromatic N) is 4. The van der Waals surface area contributed by atoms with Crippen LogP contribution in [-0.4, -0.2) is 50.2 Å². The second-order valence-electron chi connectivity index (χ2n) is 12.1. The third kappa shape index (κ3) is 3.62. The van der Waals surface area contributed by atoms with Gasteiger partial charge < -0.3 is 9.84 Å². The van der Waals surface area contributed by atoms with Crippen LogP contribution in [0.2, 0.25) is 0 Å². The molecule has 6 rings (SSSR count). The number of aromatic nitrogens is 4. The maximum Gasteiger partial charge on any atom is 0.159 e. The van der Waals surface area contributed by atoms with Gasteiger partial charge >= 0.3 is 0 Å². The van der Waals surface area contributed by atoms with Crippen molar-refractivity contribution in [2.24, 2.45) is 40.9 Å². The molecule has 0 amide bonds. The highest BCUT2D eigenvalue weighted by Crippen LogP contribution is 2.64. The highest BCUT2D eigenvalue weighted by molar-refractivity contribution is 5.82. The van der Waals surface area contributed by atoms with Gasteiger partial charge in [0.1, 0.15) is 17.6 Å². The molecule has 8 atom stereocenters. The minimum Gasteiger partial charge on any atom is -0.387 e. The van der Waals surface area contributed by atoms with Gasteiger partial charge in [-0.25, -0.2) is 0 Å². The minimum atomic E-state index is -0.627. The van der Waals surface area contributed by atoms with Gasteiger partial charge in [-0.2, -0.15) is 15.0 Å². The molecule has 0 spiro atoms. The van der Waals surface area contributed by atoms with Crippen LogP contribution in [-0.2, 0) is 16.1 Å². The molecule has 7 heteroatoms. The van der Waals surface area contributed by atoms with Crippen molar-refractivity contribution < 1.29 is 14.6 Å². The van der Waals surface area contributed by atoms with E-state index in [-0.39, 0.29) is 17.9 Å². The fourth-order valence-electron chi connectivity index (χ4n) is 9.02. The summed E-state index contributed by atoms with van der Waals surface area (Å²) in [7, 11) is 1.70. The van der Waals surface area contributed by atoms with E-state index in [4.69, 9.17) is 4.74 Å². The molecule has 1 N–H and O–H groups in total. The van der Waals surface area contributed by atoms with E-state index in [1.54, 1.807) is 24.3 Å². The molecule has 184 valence electrons. The van der Waals surface area contributed by atoms with Gasteiger partial charge in [0.2, 0.25) is 0 Å². The molecule has 0 radical (unpaired) electrons. The number of pyridine rings is 1. The first-order valence-corrected chi connectivity index (χ1v) is 13.3. The average Bonchev–Trinajstić information content (AvgIpc) is 3.38. The molecule has 4 aliphatic carbocycles. The molecule has 34 heavy (non-hydrogen) atoms. The van der Waals surface area contributed by atoms with Crippen LogP contribution in [0.5, 0.6) is 0 Å². The summed E-state index contributed by atoms with van der Waals surface area (Å²) in [5.74, 6) is 3.94. The van der Waals surface area contributed by atoms with Crippen molar-refractivity contribution in [1.29, 1.82) is 0 Å². The molecular formula is C27H38N4O3. The summed E-state index contributed by atoms with van der Waals surface area (Å²) in [6, 6.07) is 1.84. The van der Waals surface area contributed by atoms with Crippen LogP contribution in [0.1, 0.15) is 64.7 Å². The predicted octanol–water partition coefficient (Wildman–Crippen LogP) is 4.04. The third-order valence-corrected chi connectivity index (χ3v) is 10.4. The monoisotopic (exact) mass is 466 g/mol. The van der Waals surface area contributed by atoms with Gasteiger partial charge in [0.15, 0.2) is 5.78 Å². The number of fused-ring (bicyclic) bond motifs is 6. The van der Waals surface area contributed by atoms with Crippen molar-refractivity contribution in [3.05, 3.63) is 18.5 Å². The Kier molecular flexibility index (Phi) is 5.56. The first-order valence-electron chi connectivity index (χ1n) is 13.3. The topological polar surface area (TPSA) is 90.1 Å². The quantitative estimate of drug-likeness (QED) is 0.715. The number of Topliss-reactive ketones (excluding diaryl/α,β-unsaturated/α-hetero) is 1. The van der Waals surface area contributed by atoms with Gasteiger partial charge in [0, 0.05) is 19.2 Å². The van der Waals surface area contributed by atoms with E-state index < -0.39 is 5.60 Å². The number of carbonyl (C=O) groups is 1. The van der Waals surface area contributed by atoms with Gasteiger partial charge in [-0.3, -0.25) is 9.78 Å². The highest BCUT2D eigenvalue weighted by Gasteiger charge is 2.59. The van der Waals surface area contributed by atoms with E-state index in [1.165, 1.54) is 25.7 Å². The number of methoxy groups -OCH3 is 1. The van der Waals surface area contributed by atoms with Gasteiger partial charge in [-0.1, -0.05) is 6.92 Å². The Labute approximate surface area is 201 Å². The number of ether oxygens (including phenoxy) is 1. The Morgan fingerprint density at radius 1 is 1.09 bits per heavy atom. The molecule has 2 aromatic heterocycles. The van der Waals surface area contributed by atoms with Gasteiger partial charge in [0.25, 0.3) is 0 Å². The van der Waals surface area contributed by atoms with Crippen LogP contribution in [0.3, 0.4) is 0 Å². The molecule has 4 fully saturated rings. The summed E-state index contributed by atoms with van der Waals surface area (Å²) in [6.07, 6.45) is 13.4. The third-order valence-electron chi connectivity index (χ3n) is 10.4. The summed E-state index contributed by atoms with van der Waals surface area (Å²) in [5.41, 5.74) is 1.01. The molecule has 0 bridgehead atoms. The van der Waals surface area contributed by atoms with Crippen molar-refractivity contribution in [3.63, 3.8) is 0 Å². The fourth-order valence-corrected chi connectivity index (χ4v) is 9.02. The lowest BCUT2D eigenvalue weighted by Crippen LogP contribution is -2.52. The summed E-state index contributed by atoms with van der Waals surface area (Å²) in [4.78, 5) is 19.2. The van der Waals surface area contributed by atoms with E-state index in [1.807, 2.05) is 6.07 Å². The molecule has 2 aromatic rings. The first-order chi connectivity index (χ1) is 16.4. The van der Waals surface area contributed by atoms with Gasteiger partial charge in [0.05, 0.1) is 18.4 Å². The van der Waals surface area contributed by atoms with Crippen LogP contribution in [0.25, 0.3) is 11.0 Å². The second-order valence-corrected chi connectivity index (χ2v) is 12.1. The number of carbonyl (C=O) groups excluding carboxylic acids is 1. The van der Waals surface area contributed by atoms with E-state index >= 15 is 0 Å². The lowest BCUT2D eigenvalue weighted by molar-refractivity contribution is -0.137. The summed E-state index contributed by atoms with van der Waals surface area (Å²) in [5, 5.41) is 20.0. The standard InChI is InChI=1S/C27H38N4O3/c1-26-10-7-19-18-8-11-27(33,16-34-2)13-17(18)3-4-20(19)21(26)5-6-22(26)25(32)15-31-29-23-9-12-28-14-24(23)30-31/h9,12,14,17-22,33H,3-8,10-11,13,15-16H2,1-2H3/t17?,18-,19+,20+,21-,22+,26-,27+/m0/s1. The van der Waals surface area contributed by atoms with Gasteiger partial charge in [-0.05, 0) is 98.9 Å². The maximum atomic E-state index is 13.5. The number of aliphatic hydroxyl groups is 1. The fraction of sp³-hybridized carbons (Fsp3) is 0.778. The number of ketones is 1. The minimum absolute atomic E-state index is 0.102. The van der Waals surface area contributed by atoms with Crippen LogP contribution in [0.15, 0.2) is 18.5 Å². The molecule has 4 aliphatic rings. The summed E-state index contributed by atoms with van der Waals surface area (Å²) >= 11 is 0. The number of rotatable bonds is 5. The predicted molar refractivity (Wildman–Crippen MR) is 128 cm³/mol. The molecule has 0 saturated heterocycles. The van der Waals surface area contributed by atoms with Crippen LogP contribution < -0.4 is 0 Å². The van der Waals surface area contributed by atoms with E-state index in [0.717, 1.165) is 60.9 Å². The Hall–Kier alpha value is -1.86. The summed E-state index contributed by atoms with van der Waals surface area (Å²) in [6.45, 7) is 3.13.